The van der Waals surface area contributed by atoms with Gasteiger partial charge in [-0.3, -0.25) is 4.79 Å². The summed E-state index contributed by atoms with van der Waals surface area (Å²) in [6, 6.07) is 5.78. The van der Waals surface area contributed by atoms with Crippen molar-refractivity contribution in [1.29, 1.82) is 0 Å². The smallest absolute Gasteiger partial charge is 0.253 e. The molecule has 0 aliphatic carbocycles. The highest BCUT2D eigenvalue weighted by Crippen LogP contribution is 2.24. The Morgan fingerprint density at radius 1 is 1.42 bits per heavy atom. The van der Waals surface area contributed by atoms with Crippen LogP contribution in [0.5, 0.6) is 0 Å². The van der Waals surface area contributed by atoms with Gasteiger partial charge in [0.25, 0.3) is 5.91 Å². The van der Waals surface area contributed by atoms with E-state index in [2.05, 4.69) is 17.2 Å². The number of anilines is 1. The van der Waals surface area contributed by atoms with Crippen LogP contribution >= 0.6 is 0 Å². The standard InChI is InChI=1S/C19H29N5O2/c1-4-5-14-11-24(12-15(14)20)18(25)13-6-7-17-16(10-13)22-19(23(17)2)21-8-9-26-3/h6-7,10,14-15H,4-5,8-9,11-12,20H2,1-3H3,(H,21,22)/t14-,15-/m0/s1. The van der Waals surface area contributed by atoms with Crippen molar-refractivity contribution in [3.05, 3.63) is 23.8 Å². The fraction of sp³-hybridized carbons (Fsp3) is 0.579. The lowest BCUT2D eigenvalue weighted by molar-refractivity contribution is 0.0785. The van der Waals surface area contributed by atoms with Crippen LogP contribution in [0.15, 0.2) is 18.2 Å². The van der Waals surface area contributed by atoms with Gasteiger partial charge in [0.05, 0.1) is 17.6 Å². The maximum absolute atomic E-state index is 12.9. The van der Waals surface area contributed by atoms with Gasteiger partial charge in [0.2, 0.25) is 5.95 Å². The van der Waals surface area contributed by atoms with E-state index in [-0.39, 0.29) is 11.9 Å². The summed E-state index contributed by atoms with van der Waals surface area (Å²) < 4.78 is 7.05. The molecular weight excluding hydrogens is 330 g/mol. The van der Waals surface area contributed by atoms with Crippen molar-refractivity contribution in [2.75, 3.05) is 38.7 Å². The molecule has 3 rings (SSSR count). The molecule has 1 aliphatic heterocycles. The van der Waals surface area contributed by atoms with E-state index in [1.54, 1.807) is 7.11 Å². The third kappa shape index (κ3) is 3.68. The summed E-state index contributed by atoms with van der Waals surface area (Å²) in [5, 5.41) is 3.25. The summed E-state index contributed by atoms with van der Waals surface area (Å²) in [6.07, 6.45) is 2.17. The third-order valence-corrected chi connectivity index (χ3v) is 5.16. The van der Waals surface area contributed by atoms with Gasteiger partial charge in [-0.05, 0) is 30.5 Å². The molecular formula is C19H29N5O2. The van der Waals surface area contributed by atoms with Crippen LogP contribution in [0.3, 0.4) is 0 Å². The number of nitrogens with zero attached hydrogens (tertiary/aromatic N) is 3. The number of likely N-dealkylation sites (tertiary alicyclic amines) is 1. The Bertz CT molecular complexity index is 773. The lowest BCUT2D eigenvalue weighted by Crippen LogP contribution is -2.32. The van der Waals surface area contributed by atoms with E-state index in [1.807, 2.05) is 34.7 Å². The second-order valence-electron chi connectivity index (χ2n) is 7.04. The molecule has 1 saturated heterocycles. The van der Waals surface area contributed by atoms with Crippen molar-refractivity contribution in [2.45, 2.75) is 25.8 Å². The number of hydrogen-bond donors (Lipinski definition) is 2. The molecule has 0 radical (unpaired) electrons. The first-order valence-electron chi connectivity index (χ1n) is 9.29. The van der Waals surface area contributed by atoms with Gasteiger partial charge >= 0.3 is 0 Å². The van der Waals surface area contributed by atoms with E-state index in [9.17, 15) is 4.79 Å². The molecule has 1 aliphatic rings. The van der Waals surface area contributed by atoms with Crippen LogP contribution in [0.4, 0.5) is 5.95 Å². The van der Waals surface area contributed by atoms with Crippen LogP contribution in [-0.2, 0) is 11.8 Å². The summed E-state index contributed by atoms with van der Waals surface area (Å²) in [7, 11) is 3.63. The molecule has 142 valence electrons. The van der Waals surface area contributed by atoms with E-state index in [4.69, 9.17) is 10.5 Å². The molecule has 7 heteroatoms. The number of aryl methyl sites for hydroxylation is 1. The topological polar surface area (TPSA) is 85.4 Å². The number of fused-ring (bicyclic) bond motifs is 1. The normalized spacial score (nSPS) is 20.1. The summed E-state index contributed by atoms with van der Waals surface area (Å²) in [5.41, 5.74) is 8.69. The predicted octanol–water partition coefficient (Wildman–Crippen LogP) is 1.83. The maximum Gasteiger partial charge on any atom is 0.253 e. The number of rotatable bonds is 7. The van der Waals surface area contributed by atoms with Gasteiger partial charge in [-0.25, -0.2) is 4.98 Å². The molecule has 1 aromatic heterocycles. The Morgan fingerprint density at radius 2 is 2.23 bits per heavy atom. The maximum atomic E-state index is 12.9. The van der Waals surface area contributed by atoms with E-state index in [0.717, 1.165) is 36.4 Å². The highest BCUT2D eigenvalue weighted by Gasteiger charge is 2.32. The number of amides is 1. The highest BCUT2D eigenvalue weighted by molar-refractivity contribution is 5.98. The minimum Gasteiger partial charge on any atom is -0.383 e. The number of hydrogen-bond acceptors (Lipinski definition) is 5. The van der Waals surface area contributed by atoms with E-state index in [0.29, 0.717) is 31.2 Å². The molecule has 1 amide bonds. The number of benzene rings is 1. The van der Waals surface area contributed by atoms with Crippen molar-refractivity contribution >= 4 is 22.9 Å². The van der Waals surface area contributed by atoms with E-state index in [1.165, 1.54) is 0 Å². The number of imidazole rings is 1. The highest BCUT2D eigenvalue weighted by atomic mass is 16.5. The fourth-order valence-corrected chi connectivity index (χ4v) is 3.68. The summed E-state index contributed by atoms with van der Waals surface area (Å²) in [5.74, 6) is 1.22. The molecule has 0 saturated carbocycles. The van der Waals surface area contributed by atoms with Crippen molar-refractivity contribution in [3.8, 4) is 0 Å². The minimum absolute atomic E-state index is 0.0421. The molecule has 2 atom stereocenters. The minimum atomic E-state index is 0.0421. The molecule has 2 heterocycles. The van der Waals surface area contributed by atoms with Crippen molar-refractivity contribution in [1.82, 2.24) is 14.5 Å². The molecule has 1 fully saturated rings. The van der Waals surface area contributed by atoms with Crippen LogP contribution < -0.4 is 11.1 Å². The average molecular weight is 359 g/mol. The predicted molar refractivity (Wildman–Crippen MR) is 103 cm³/mol. The third-order valence-electron chi connectivity index (χ3n) is 5.16. The Balaban J connectivity index is 1.77. The molecule has 7 nitrogen and oxygen atoms in total. The Morgan fingerprint density at radius 3 is 2.96 bits per heavy atom. The quantitative estimate of drug-likeness (QED) is 0.737. The zero-order valence-corrected chi connectivity index (χ0v) is 15.9. The number of nitrogens with one attached hydrogen (secondary N) is 1. The van der Waals surface area contributed by atoms with Crippen molar-refractivity contribution in [2.24, 2.45) is 18.7 Å². The zero-order valence-electron chi connectivity index (χ0n) is 15.9. The Labute approximate surface area is 154 Å². The van der Waals surface area contributed by atoms with Gasteiger partial charge in [-0.2, -0.15) is 0 Å². The first-order valence-corrected chi connectivity index (χ1v) is 9.29. The van der Waals surface area contributed by atoms with Crippen LogP contribution in [0.25, 0.3) is 11.0 Å². The van der Waals surface area contributed by atoms with Crippen LogP contribution in [0.2, 0.25) is 0 Å². The summed E-state index contributed by atoms with van der Waals surface area (Å²) in [6.45, 7) is 4.83. The number of aromatic nitrogens is 2. The van der Waals surface area contributed by atoms with Gasteiger partial charge in [0, 0.05) is 45.4 Å². The van der Waals surface area contributed by atoms with Crippen molar-refractivity contribution < 1.29 is 9.53 Å². The molecule has 0 bridgehead atoms. The first kappa shape index (κ1) is 18.7. The molecule has 0 spiro atoms. The summed E-state index contributed by atoms with van der Waals surface area (Å²) >= 11 is 0. The fourth-order valence-electron chi connectivity index (χ4n) is 3.68. The summed E-state index contributed by atoms with van der Waals surface area (Å²) in [4.78, 5) is 19.4. The average Bonchev–Trinajstić information content (AvgIpc) is 3.15. The number of carbonyl (C=O) groups excluding carboxylic acids is 1. The molecule has 3 N–H and O–H groups in total. The van der Waals surface area contributed by atoms with Gasteiger partial charge in [-0.15, -0.1) is 0 Å². The SMILES string of the molecule is CCC[C@H]1CN(C(=O)c2ccc3c(c2)nc(NCCOC)n3C)C[C@@H]1N. The molecule has 26 heavy (non-hydrogen) atoms. The van der Waals surface area contributed by atoms with E-state index >= 15 is 0 Å². The van der Waals surface area contributed by atoms with Gasteiger partial charge in [0.1, 0.15) is 0 Å². The number of ether oxygens (including phenoxy) is 1. The van der Waals surface area contributed by atoms with E-state index < -0.39 is 0 Å². The van der Waals surface area contributed by atoms with Crippen molar-refractivity contribution in [3.63, 3.8) is 0 Å². The second kappa shape index (κ2) is 8.05. The zero-order chi connectivity index (χ0) is 18.7. The molecule has 2 aromatic rings. The van der Waals surface area contributed by atoms with Crippen LogP contribution in [0.1, 0.15) is 30.1 Å². The monoisotopic (exact) mass is 359 g/mol. The Hall–Kier alpha value is -2.12. The molecule has 1 aromatic carbocycles. The van der Waals surface area contributed by atoms with Gasteiger partial charge in [0.15, 0.2) is 0 Å². The van der Waals surface area contributed by atoms with Crippen LogP contribution in [0, 0.1) is 5.92 Å². The largest absolute Gasteiger partial charge is 0.383 e. The second-order valence-corrected chi connectivity index (χ2v) is 7.04. The van der Waals surface area contributed by atoms with Gasteiger partial charge < -0.3 is 25.3 Å². The number of nitrogens with two attached hydrogens (primary N) is 1. The Kier molecular flexibility index (Phi) is 5.78. The lowest BCUT2D eigenvalue weighted by atomic mass is 9.99. The van der Waals surface area contributed by atoms with Crippen LogP contribution in [-0.4, -0.2) is 59.8 Å². The first-order chi connectivity index (χ1) is 12.5. The number of methoxy groups -OCH3 is 1. The number of carbonyl (C=O) groups is 1. The van der Waals surface area contributed by atoms with Gasteiger partial charge in [-0.1, -0.05) is 13.3 Å². The lowest BCUT2D eigenvalue weighted by Gasteiger charge is -2.16. The molecule has 0 unspecified atom stereocenters.